The fourth-order valence-electron chi connectivity index (χ4n) is 3.37. The Bertz CT molecular complexity index is 703. The molecular formula is C17H22ClN3O. The number of amides is 1. The highest BCUT2D eigenvalue weighted by Crippen LogP contribution is 2.36. The Morgan fingerprint density at radius 1 is 1.41 bits per heavy atom. The Hall–Kier alpha value is -1.55. The topological polar surface area (TPSA) is 38.1 Å². The molecule has 1 atom stereocenters. The number of aromatic nitrogens is 2. The van der Waals surface area contributed by atoms with Crippen molar-refractivity contribution in [2.24, 2.45) is 0 Å². The van der Waals surface area contributed by atoms with Gasteiger partial charge < -0.3 is 9.47 Å². The average molecular weight is 320 g/mol. The Kier molecular flexibility index (Phi) is 4.13. The molecule has 0 bridgehead atoms. The van der Waals surface area contributed by atoms with Gasteiger partial charge in [0.15, 0.2) is 0 Å². The lowest BCUT2D eigenvalue weighted by Gasteiger charge is -2.26. The fourth-order valence-corrected chi connectivity index (χ4v) is 3.54. The van der Waals surface area contributed by atoms with Crippen molar-refractivity contribution in [3.63, 3.8) is 0 Å². The van der Waals surface area contributed by atoms with E-state index in [-0.39, 0.29) is 11.9 Å². The van der Waals surface area contributed by atoms with Gasteiger partial charge in [0.05, 0.1) is 17.1 Å². The molecule has 0 N–H and O–H groups in total. The van der Waals surface area contributed by atoms with Gasteiger partial charge >= 0.3 is 0 Å². The van der Waals surface area contributed by atoms with Crippen LogP contribution in [0.15, 0.2) is 18.2 Å². The maximum atomic E-state index is 11.7. The maximum Gasteiger partial charge on any atom is 0.219 e. The number of fused-ring (bicyclic) bond motifs is 1. The number of hydrogen-bond donors (Lipinski definition) is 0. The zero-order valence-electron chi connectivity index (χ0n) is 13.3. The molecule has 1 heterocycles. The maximum absolute atomic E-state index is 11.7. The Labute approximate surface area is 136 Å². The van der Waals surface area contributed by atoms with Crippen molar-refractivity contribution in [2.45, 2.75) is 51.6 Å². The number of nitrogens with zero attached hydrogens (tertiary/aromatic N) is 3. The summed E-state index contributed by atoms with van der Waals surface area (Å²) in [5.74, 6) is 1.01. The second kappa shape index (κ2) is 5.92. The van der Waals surface area contributed by atoms with E-state index >= 15 is 0 Å². The first kappa shape index (κ1) is 15.3. The third kappa shape index (κ3) is 2.60. The molecule has 1 aromatic carbocycles. The molecule has 2 aromatic rings. The summed E-state index contributed by atoms with van der Waals surface area (Å²) in [5, 5.41) is 0.728. The summed E-state index contributed by atoms with van der Waals surface area (Å²) in [4.78, 5) is 18.3. The number of halogens is 1. The largest absolute Gasteiger partial charge is 0.336 e. The lowest BCUT2D eigenvalue weighted by Crippen LogP contribution is -2.29. The van der Waals surface area contributed by atoms with Gasteiger partial charge in [0.25, 0.3) is 0 Å². The van der Waals surface area contributed by atoms with Crippen molar-refractivity contribution in [3.8, 4) is 0 Å². The average Bonchev–Trinajstić information content (AvgIpc) is 3.11. The Morgan fingerprint density at radius 2 is 2.09 bits per heavy atom. The van der Waals surface area contributed by atoms with E-state index in [0.29, 0.717) is 6.04 Å². The van der Waals surface area contributed by atoms with Gasteiger partial charge in [-0.2, -0.15) is 0 Å². The molecular weight excluding hydrogens is 298 g/mol. The molecule has 0 aliphatic heterocycles. The van der Waals surface area contributed by atoms with E-state index in [4.69, 9.17) is 16.6 Å². The first-order valence-electron chi connectivity index (χ1n) is 7.90. The predicted octanol–water partition coefficient (Wildman–Crippen LogP) is 4.34. The number of rotatable bonds is 3. The Morgan fingerprint density at radius 3 is 2.73 bits per heavy atom. The summed E-state index contributed by atoms with van der Waals surface area (Å²) in [7, 11) is 1.83. The molecule has 1 aliphatic rings. The number of imidazole rings is 1. The third-order valence-electron chi connectivity index (χ3n) is 4.82. The van der Waals surface area contributed by atoms with Gasteiger partial charge in [0.1, 0.15) is 5.82 Å². The summed E-state index contributed by atoms with van der Waals surface area (Å²) in [5.41, 5.74) is 2.04. The molecule has 118 valence electrons. The lowest BCUT2D eigenvalue weighted by atomic mass is 10.2. The second-order valence-electron chi connectivity index (χ2n) is 6.22. The molecule has 1 amide bonds. The monoisotopic (exact) mass is 319 g/mol. The zero-order chi connectivity index (χ0) is 15.9. The van der Waals surface area contributed by atoms with Crippen LogP contribution in [0.3, 0.4) is 0 Å². The highest BCUT2D eigenvalue weighted by Gasteiger charge is 2.27. The first-order valence-corrected chi connectivity index (χ1v) is 8.27. The number of carbonyl (C=O) groups is 1. The van der Waals surface area contributed by atoms with Crippen LogP contribution < -0.4 is 0 Å². The van der Waals surface area contributed by atoms with Gasteiger partial charge in [-0.1, -0.05) is 24.4 Å². The van der Waals surface area contributed by atoms with Gasteiger partial charge in [0, 0.05) is 25.0 Å². The minimum atomic E-state index is -0.0516. The van der Waals surface area contributed by atoms with Crippen LogP contribution in [-0.4, -0.2) is 27.4 Å². The highest BCUT2D eigenvalue weighted by molar-refractivity contribution is 6.31. The number of carbonyl (C=O) groups excluding carboxylic acids is 1. The van der Waals surface area contributed by atoms with Gasteiger partial charge in [-0.15, -0.1) is 0 Å². The molecule has 4 nitrogen and oxygen atoms in total. The van der Waals surface area contributed by atoms with Crippen LogP contribution in [0.25, 0.3) is 11.0 Å². The van der Waals surface area contributed by atoms with E-state index in [0.717, 1.165) is 21.9 Å². The van der Waals surface area contributed by atoms with E-state index in [1.54, 1.807) is 11.8 Å². The van der Waals surface area contributed by atoms with Crippen molar-refractivity contribution in [1.29, 1.82) is 0 Å². The summed E-state index contributed by atoms with van der Waals surface area (Å²) in [6.45, 7) is 3.63. The van der Waals surface area contributed by atoms with Crippen molar-refractivity contribution in [1.82, 2.24) is 14.5 Å². The molecule has 0 spiro atoms. The molecule has 1 fully saturated rings. The molecule has 22 heavy (non-hydrogen) atoms. The smallest absolute Gasteiger partial charge is 0.219 e. The Balaban J connectivity index is 2.15. The second-order valence-corrected chi connectivity index (χ2v) is 6.65. The van der Waals surface area contributed by atoms with E-state index in [1.807, 2.05) is 32.2 Å². The van der Waals surface area contributed by atoms with Crippen molar-refractivity contribution >= 4 is 28.5 Å². The van der Waals surface area contributed by atoms with E-state index in [1.165, 1.54) is 25.7 Å². The standard InChI is InChI=1S/C17H22ClN3O/c1-11(20(3)12(2)22)17-19-15-9-8-13(18)10-16(15)21(17)14-6-4-5-7-14/h8-11,14H,4-7H2,1-3H3. The minimum Gasteiger partial charge on any atom is -0.336 e. The SMILES string of the molecule is CC(=O)N(C)C(C)c1nc2ccc(Cl)cc2n1C1CCCC1. The minimum absolute atomic E-state index is 0.0514. The van der Waals surface area contributed by atoms with Gasteiger partial charge in [-0.05, 0) is 38.0 Å². The van der Waals surface area contributed by atoms with E-state index in [2.05, 4.69) is 4.57 Å². The number of hydrogen-bond acceptors (Lipinski definition) is 2. The predicted molar refractivity (Wildman–Crippen MR) is 89.1 cm³/mol. The highest BCUT2D eigenvalue weighted by atomic mass is 35.5. The van der Waals surface area contributed by atoms with Crippen LogP contribution in [0.5, 0.6) is 0 Å². The lowest BCUT2D eigenvalue weighted by molar-refractivity contribution is -0.129. The van der Waals surface area contributed by atoms with Crippen molar-refractivity contribution in [2.75, 3.05) is 7.05 Å². The normalized spacial score (nSPS) is 17.1. The van der Waals surface area contributed by atoms with Crippen molar-refractivity contribution in [3.05, 3.63) is 29.0 Å². The molecule has 1 unspecified atom stereocenters. The van der Waals surface area contributed by atoms with Crippen LogP contribution in [-0.2, 0) is 4.79 Å². The third-order valence-corrected chi connectivity index (χ3v) is 5.06. The molecule has 5 heteroatoms. The van der Waals surface area contributed by atoms with Crippen molar-refractivity contribution < 1.29 is 4.79 Å². The zero-order valence-corrected chi connectivity index (χ0v) is 14.1. The molecule has 0 radical (unpaired) electrons. The first-order chi connectivity index (χ1) is 10.5. The van der Waals surface area contributed by atoms with Crippen LogP contribution in [0.4, 0.5) is 0 Å². The van der Waals surface area contributed by atoms with E-state index in [9.17, 15) is 4.79 Å². The van der Waals surface area contributed by atoms with Crippen LogP contribution in [0.1, 0.15) is 57.4 Å². The summed E-state index contributed by atoms with van der Waals surface area (Å²) in [6.07, 6.45) is 4.84. The van der Waals surface area contributed by atoms with E-state index < -0.39 is 0 Å². The van der Waals surface area contributed by atoms with Crippen LogP contribution >= 0.6 is 11.6 Å². The van der Waals surface area contributed by atoms with Crippen LogP contribution in [0.2, 0.25) is 5.02 Å². The summed E-state index contributed by atoms with van der Waals surface area (Å²) in [6, 6.07) is 6.24. The molecule has 3 rings (SSSR count). The molecule has 1 aromatic heterocycles. The molecule has 1 saturated carbocycles. The quantitative estimate of drug-likeness (QED) is 0.843. The van der Waals surface area contributed by atoms with Gasteiger partial charge in [-0.3, -0.25) is 4.79 Å². The number of benzene rings is 1. The van der Waals surface area contributed by atoms with Gasteiger partial charge in [0.2, 0.25) is 5.91 Å². The molecule has 1 aliphatic carbocycles. The molecule has 0 saturated heterocycles. The van der Waals surface area contributed by atoms with Crippen LogP contribution in [0, 0.1) is 0 Å². The summed E-state index contributed by atoms with van der Waals surface area (Å²) < 4.78 is 2.32. The summed E-state index contributed by atoms with van der Waals surface area (Å²) >= 11 is 6.19. The fraction of sp³-hybridized carbons (Fsp3) is 0.529. The van der Waals surface area contributed by atoms with Gasteiger partial charge in [-0.25, -0.2) is 4.98 Å².